The van der Waals surface area contributed by atoms with Gasteiger partial charge in [-0.25, -0.2) is 9.59 Å². The molecule has 9 nitrogen and oxygen atoms in total. The number of nitrogens with one attached hydrogen (secondary N) is 2. The molecule has 3 unspecified atom stereocenters. The Morgan fingerprint density at radius 3 is 2.31 bits per heavy atom. The van der Waals surface area contributed by atoms with Crippen molar-refractivity contribution in [2.45, 2.75) is 36.9 Å². The summed E-state index contributed by atoms with van der Waals surface area (Å²) in [5, 5.41) is 15.7. The van der Waals surface area contributed by atoms with Crippen LogP contribution in [0.4, 0.5) is 4.79 Å². The Bertz CT molecular complexity index is 1420. The second-order valence-corrected chi connectivity index (χ2v) is 11.4. The van der Waals surface area contributed by atoms with E-state index >= 15 is 0 Å². The monoisotopic (exact) mass is 569 g/mol. The van der Waals surface area contributed by atoms with Crippen LogP contribution < -0.4 is 10.6 Å². The minimum atomic E-state index is -1.39. The van der Waals surface area contributed by atoms with Crippen LogP contribution in [0.2, 0.25) is 0 Å². The highest BCUT2D eigenvalue weighted by atomic mass is 16.5. The molecule has 9 heteroatoms. The van der Waals surface area contributed by atoms with Gasteiger partial charge in [0.25, 0.3) is 0 Å². The second kappa shape index (κ2) is 12.0. The van der Waals surface area contributed by atoms with E-state index in [1.807, 2.05) is 59.5 Å². The molecule has 2 amide bonds. The van der Waals surface area contributed by atoms with E-state index in [1.54, 1.807) is 0 Å². The zero-order valence-corrected chi connectivity index (χ0v) is 23.3. The normalized spacial score (nSPS) is 23.2. The van der Waals surface area contributed by atoms with Gasteiger partial charge in [0.1, 0.15) is 12.7 Å². The van der Waals surface area contributed by atoms with Crippen LogP contribution in [0.5, 0.6) is 0 Å². The molecule has 2 fully saturated rings. The lowest BCUT2D eigenvalue weighted by molar-refractivity contribution is -0.149. The van der Waals surface area contributed by atoms with Gasteiger partial charge in [0.2, 0.25) is 5.91 Å². The number of nitrogens with zero attached hydrogens (tertiary/aromatic N) is 1. The summed E-state index contributed by atoms with van der Waals surface area (Å²) in [7, 11) is 0. The average Bonchev–Trinajstić information content (AvgIpc) is 3.72. The summed E-state index contributed by atoms with van der Waals surface area (Å²) in [6.45, 7) is 2.12. The first-order valence-electron chi connectivity index (χ1n) is 14.5. The molecule has 2 aliphatic heterocycles. The van der Waals surface area contributed by atoms with Crippen molar-refractivity contribution in [1.29, 1.82) is 0 Å². The molecule has 1 aliphatic carbocycles. The number of carbonyl (C=O) groups is 3. The zero-order valence-electron chi connectivity index (χ0n) is 23.3. The number of carbonyl (C=O) groups excluding carboxylic acids is 2. The SMILES string of the molecule is O=C(NCC1CCOC1C(=O)NC1(C(=O)O)CCN(Cc2ccccc2)C1)OCC1c2ccccc2-c2ccccc21. The zero-order chi connectivity index (χ0) is 29.1. The molecule has 0 spiro atoms. The Morgan fingerprint density at radius 2 is 1.62 bits per heavy atom. The lowest BCUT2D eigenvalue weighted by Gasteiger charge is -2.29. The maximum Gasteiger partial charge on any atom is 0.407 e. The highest BCUT2D eigenvalue weighted by Gasteiger charge is 2.48. The van der Waals surface area contributed by atoms with Gasteiger partial charge < -0.3 is 25.2 Å². The van der Waals surface area contributed by atoms with Crippen LogP contribution in [0, 0.1) is 5.92 Å². The molecular weight excluding hydrogens is 534 g/mol. The smallest absolute Gasteiger partial charge is 0.407 e. The van der Waals surface area contributed by atoms with Crippen LogP contribution in [-0.2, 0) is 25.6 Å². The fourth-order valence-corrected chi connectivity index (χ4v) is 6.50. The quantitative estimate of drug-likeness (QED) is 0.359. The lowest BCUT2D eigenvalue weighted by Crippen LogP contribution is -2.59. The molecule has 218 valence electrons. The predicted molar refractivity (Wildman–Crippen MR) is 156 cm³/mol. The summed E-state index contributed by atoms with van der Waals surface area (Å²) in [5.74, 6) is -1.86. The molecule has 3 N–H and O–H groups in total. The van der Waals surface area contributed by atoms with E-state index in [4.69, 9.17) is 9.47 Å². The van der Waals surface area contributed by atoms with Crippen molar-refractivity contribution in [3.63, 3.8) is 0 Å². The number of rotatable bonds is 9. The van der Waals surface area contributed by atoms with Crippen LogP contribution >= 0.6 is 0 Å². The Hall–Kier alpha value is -4.21. The number of amides is 2. The van der Waals surface area contributed by atoms with E-state index < -0.39 is 29.6 Å². The van der Waals surface area contributed by atoms with E-state index in [0.717, 1.165) is 27.8 Å². The van der Waals surface area contributed by atoms with Gasteiger partial charge in [-0.15, -0.1) is 0 Å². The summed E-state index contributed by atoms with van der Waals surface area (Å²) >= 11 is 0. The van der Waals surface area contributed by atoms with Crippen molar-refractivity contribution in [2.75, 3.05) is 32.8 Å². The van der Waals surface area contributed by atoms with E-state index in [1.165, 1.54) is 0 Å². The summed E-state index contributed by atoms with van der Waals surface area (Å²) in [5.41, 5.74) is 4.28. The second-order valence-electron chi connectivity index (χ2n) is 11.4. The number of alkyl carbamates (subject to hydrolysis) is 1. The Kier molecular flexibility index (Phi) is 7.95. The Balaban J connectivity index is 1.02. The Morgan fingerprint density at radius 1 is 0.952 bits per heavy atom. The number of aliphatic carboxylic acids is 1. The summed E-state index contributed by atoms with van der Waals surface area (Å²) in [6.07, 6.45) is -0.534. The summed E-state index contributed by atoms with van der Waals surface area (Å²) in [4.78, 5) is 40.4. The van der Waals surface area contributed by atoms with Crippen molar-refractivity contribution >= 4 is 18.0 Å². The Labute approximate surface area is 244 Å². The molecule has 6 rings (SSSR count). The number of likely N-dealkylation sites (tertiary alicyclic amines) is 1. The fraction of sp³-hybridized carbons (Fsp3) is 0.364. The minimum Gasteiger partial charge on any atom is -0.479 e. The van der Waals surface area contributed by atoms with E-state index in [2.05, 4.69) is 34.9 Å². The van der Waals surface area contributed by atoms with Gasteiger partial charge in [0, 0.05) is 44.6 Å². The summed E-state index contributed by atoms with van der Waals surface area (Å²) < 4.78 is 11.4. The number of hydrogen-bond donors (Lipinski definition) is 3. The van der Waals surface area contributed by atoms with E-state index in [-0.39, 0.29) is 31.5 Å². The van der Waals surface area contributed by atoms with Crippen molar-refractivity contribution in [2.24, 2.45) is 5.92 Å². The molecular formula is C33H35N3O6. The van der Waals surface area contributed by atoms with Gasteiger partial charge >= 0.3 is 12.1 Å². The molecule has 0 bridgehead atoms. The molecule has 3 aromatic rings. The summed E-state index contributed by atoms with van der Waals surface area (Å²) in [6, 6.07) is 26.1. The van der Waals surface area contributed by atoms with E-state index in [0.29, 0.717) is 32.5 Å². The molecule has 3 aromatic carbocycles. The maximum atomic E-state index is 13.3. The van der Waals surface area contributed by atoms with Gasteiger partial charge in [-0.05, 0) is 40.7 Å². The van der Waals surface area contributed by atoms with Crippen LogP contribution in [0.15, 0.2) is 78.9 Å². The molecule has 3 atom stereocenters. The van der Waals surface area contributed by atoms with E-state index in [9.17, 15) is 19.5 Å². The van der Waals surface area contributed by atoms with Gasteiger partial charge in [-0.1, -0.05) is 78.9 Å². The number of benzene rings is 3. The third kappa shape index (κ3) is 5.62. The molecule has 42 heavy (non-hydrogen) atoms. The van der Waals surface area contributed by atoms with Crippen LogP contribution in [-0.4, -0.2) is 72.5 Å². The third-order valence-corrected chi connectivity index (χ3v) is 8.69. The predicted octanol–water partition coefficient (Wildman–Crippen LogP) is 3.78. The highest BCUT2D eigenvalue weighted by Crippen LogP contribution is 2.44. The lowest BCUT2D eigenvalue weighted by atomic mass is 9.95. The van der Waals surface area contributed by atoms with Gasteiger partial charge in [0.05, 0.1) is 0 Å². The molecule has 2 heterocycles. The number of hydrogen-bond acceptors (Lipinski definition) is 6. The van der Waals surface area contributed by atoms with Gasteiger partial charge in [-0.3, -0.25) is 9.69 Å². The van der Waals surface area contributed by atoms with Crippen molar-refractivity contribution < 1.29 is 29.0 Å². The van der Waals surface area contributed by atoms with Crippen molar-refractivity contribution in [3.05, 3.63) is 95.6 Å². The topological polar surface area (TPSA) is 117 Å². The number of ether oxygens (including phenoxy) is 2. The minimum absolute atomic E-state index is 0.0448. The number of carboxylic acid groups (broad SMARTS) is 1. The molecule has 3 aliphatic rings. The molecule has 0 saturated carbocycles. The molecule has 2 saturated heterocycles. The van der Waals surface area contributed by atoms with Crippen LogP contribution in [0.1, 0.15) is 35.4 Å². The number of fused-ring (bicyclic) bond motifs is 3. The highest BCUT2D eigenvalue weighted by molar-refractivity contribution is 5.90. The average molecular weight is 570 g/mol. The first-order valence-corrected chi connectivity index (χ1v) is 14.5. The van der Waals surface area contributed by atoms with Gasteiger partial charge in [-0.2, -0.15) is 0 Å². The molecule has 0 radical (unpaired) electrons. The fourth-order valence-electron chi connectivity index (χ4n) is 6.50. The van der Waals surface area contributed by atoms with Crippen LogP contribution in [0.25, 0.3) is 11.1 Å². The third-order valence-electron chi connectivity index (χ3n) is 8.69. The first kappa shape index (κ1) is 27.9. The van der Waals surface area contributed by atoms with Crippen LogP contribution in [0.3, 0.4) is 0 Å². The van der Waals surface area contributed by atoms with Crippen molar-refractivity contribution in [1.82, 2.24) is 15.5 Å². The molecule has 0 aromatic heterocycles. The number of carboxylic acids is 1. The largest absolute Gasteiger partial charge is 0.479 e. The standard InChI is InChI=1S/C33H35N3O6/c37-30(35-33(31(38)39)15-16-36(21-33)19-22-8-2-1-3-9-22)29-23(14-17-41-29)18-34-32(40)42-20-28-26-12-6-4-10-24(26)25-11-5-7-13-27(25)28/h1-13,23,28-29H,14-21H2,(H,34,40)(H,35,37)(H,38,39). The first-order chi connectivity index (χ1) is 20.4. The maximum absolute atomic E-state index is 13.3. The van der Waals surface area contributed by atoms with Crippen molar-refractivity contribution in [3.8, 4) is 11.1 Å². The van der Waals surface area contributed by atoms with Gasteiger partial charge in [0.15, 0.2) is 5.54 Å².